The lowest BCUT2D eigenvalue weighted by atomic mass is 10.1. The highest BCUT2D eigenvalue weighted by molar-refractivity contribution is 5.93. The van der Waals surface area contributed by atoms with E-state index in [0.29, 0.717) is 5.56 Å². The molecule has 0 radical (unpaired) electrons. The van der Waals surface area contributed by atoms with Gasteiger partial charge in [-0.15, -0.1) is 0 Å². The third-order valence-corrected chi connectivity index (χ3v) is 4.42. The molecule has 0 aliphatic carbocycles. The van der Waals surface area contributed by atoms with Gasteiger partial charge in [0.1, 0.15) is 0 Å². The predicted molar refractivity (Wildman–Crippen MR) is 78.0 cm³/mol. The molecule has 1 aromatic carbocycles. The normalized spacial score (nSPS) is 23.6. The lowest BCUT2D eigenvalue weighted by Crippen LogP contribution is -2.49. The summed E-state index contributed by atoms with van der Waals surface area (Å²) >= 11 is 0. The van der Waals surface area contributed by atoms with Crippen LogP contribution in [0.3, 0.4) is 0 Å². The SMILES string of the molecule is NNC(=O)c1ccc(CN2CCN3CCC[C@H]3C2)cc1. The number of rotatable bonds is 3. The van der Waals surface area contributed by atoms with Crippen LogP contribution in [0.15, 0.2) is 24.3 Å². The minimum Gasteiger partial charge on any atom is -0.298 e. The van der Waals surface area contributed by atoms with Crippen molar-refractivity contribution in [1.82, 2.24) is 15.2 Å². The Morgan fingerprint density at radius 3 is 2.80 bits per heavy atom. The molecule has 2 heterocycles. The van der Waals surface area contributed by atoms with E-state index < -0.39 is 0 Å². The molecule has 0 aromatic heterocycles. The van der Waals surface area contributed by atoms with Crippen LogP contribution in [-0.2, 0) is 6.54 Å². The summed E-state index contributed by atoms with van der Waals surface area (Å²) in [4.78, 5) is 16.5. The van der Waals surface area contributed by atoms with Crippen molar-refractivity contribution in [2.24, 2.45) is 5.84 Å². The number of nitrogens with one attached hydrogen (secondary N) is 1. The smallest absolute Gasteiger partial charge is 0.265 e. The average molecular weight is 274 g/mol. The average Bonchev–Trinajstić information content (AvgIpc) is 2.95. The molecular formula is C15H22N4O. The number of amides is 1. The molecule has 3 rings (SSSR count). The van der Waals surface area contributed by atoms with Gasteiger partial charge in [-0.1, -0.05) is 12.1 Å². The van der Waals surface area contributed by atoms with Gasteiger partial charge in [-0.25, -0.2) is 5.84 Å². The summed E-state index contributed by atoms with van der Waals surface area (Å²) in [5, 5.41) is 0. The first kappa shape index (κ1) is 13.5. The molecule has 20 heavy (non-hydrogen) atoms. The third-order valence-electron chi connectivity index (χ3n) is 4.42. The number of hydrazine groups is 1. The standard InChI is InChI=1S/C15H22N4O/c16-17-15(20)13-5-3-12(4-6-13)10-18-8-9-19-7-1-2-14(19)11-18/h3-6,14H,1-2,7-11,16H2,(H,17,20)/t14-/m0/s1. The zero-order chi connectivity index (χ0) is 13.9. The summed E-state index contributed by atoms with van der Waals surface area (Å²) in [5.74, 6) is 4.89. The quantitative estimate of drug-likeness (QED) is 0.480. The highest BCUT2D eigenvalue weighted by Gasteiger charge is 2.30. The maximum Gasteiger partial charge on any atom is 0.265 e. The zero-order valence-corrected chi connectivity index (χ0v) is 11.7. The van der Waals surface area contributed by atoms with Gasteiger partial charge in [0.05, 0.1) is 0 Å². The van der Waals surface area contributed by atoms with Crippen LogP contribution in [-0.4, -0.2) is 47.9 Å². The molecule has 0 bridgehead atoms. The van der Waals surface area contributed by atoms with E-state index in [9.17, 15) is 4.79 Å². The topological polar surface area (TPSA) is 61.6 Å². The molecule has 1 atom stereocenters. The van der Waals surface area contributed by atoms with Gasteiger partial charge in [-0.05, 0) is 37.1 Å². The van der Waals surface area contributed by atoms with Crippen LogP contribution in [0.2, 0.25) is 0 Å². The Bertz CT molecular complexity index is 473. The largest absolute Gasteiger partial charge is 0.298 e. The molecule has 0 unspecified atom stereocenters. The first-order valence-corrected chi connectivity index (χ1v) is 7.32. The molecule has 3 N–H and O–H groups in total. The van der Waals surface area contributed by atoms with E-state index in [4.69, 9.17) is 5.84 Å². The first-order chi connectivity index (χ1) is 9.76. The van der Waals surface area contributed by atoms with Crippen molar-refractivity contribution in [2.45, 2.75) is 25.4 Å². The Labute approximate surface area is 119 Å². The number of carbonyl (C=O) groups excluding carboxylic acids is 1. The molecule has 2 saturated heterocycles. The van der Waals surface area contributed by atoms with Gasteiger partial charge in [-0.2, -0.15) is 0 Å². The molecule has 0 saturated carbocycles. The second-order valence-electron chi connectivity index (χ2n) is 5.74. The molecule has 1 aromatic rings. The molecule has 0 spiro atoms. The molecule has 2 aliphatic rings. The predicted octanol–water partition coefficient (Wildman–Crippen LogP) is 0.570. The van der Waals surface area contributed by atoms with E-state index in [-0.39, 0.29) is 5.91 Å². The van der Waals surface area contributed by atoms with Crippen molar-refractivity contribution < 1.29 is 4.79 Å². The van der Waals surface area contributed by atoms with Crippen molar-refractivity contribution in [2.75, 3.05) is 26.2 Å². The van der Waals surface area contributed by atoms with E-state index in [1.165, 1.54) is 38.0 Å². The number of benzene rings is 1. The summed E-state index contributed by atoms with van der Waals surface area (Å²) in [6.07, 6.45) is 2.69. The van der Waals surface area contributed by atoms with Crippen LogP contribution in [0, 0.1) is 0 Å². The van der Waals surface area contributed by atoms with Crippen LogP contribution >= 0.6 is 0 Å². The highest BCUT2D eigenvalue weighted by atomic mass is 16.2. The lowest BCUT2D eigenvalue weighted by Gasteiger charge is -2.37. The van der Waals surface area contributed by atoms with Crippen molar-refractivity contribution in [1.29, 1.82) is 0 Å². The zero-order valence-electron chi connectivity index (χ0n) is 11.7. The van der Waals surface area contributed by atoms with Crippen molar-refractivity contribution >= 4 is 5.91 Å². The van der Waals surface area contributed by atoms with Crippen LogP contribution in [0.5, 0.6) is 0 Å². The minimum atomic E-state index is -0.240. The number of piperazine rings is 1. The van der Waals surface area contributed by atoms with Crippen molar-refractivity contribution in [3.63, 3.8) is 0 Å². The number of hydrogen-bond acceptors (Lipinski definition) is 4. The summed E-state index contributed by atoms with van der Waals surface area (Å²) in [7, 11) is 0. The van der Waals surface area contributed by atoms with Gasteiger partial charge in [0.25, 0.3) is 5.91 Å². The fourth-order valence-corrected chi connectivity index (χ4v) is 3.30. The van der Waals surface area contributed by atoms with Gasteiger partial charge < -0.3 is 0 Å². The summed E-state index contributed by atoms with van der Waals surface area (Å²) < 4.78 is 0. The van der Waals surface area contributed by atoms with E-state index in [0.717, 1.165) is 19.1 Å². The fourth-order valence-electron chi connectivity index (χ4n) is 3.30. The fraction of sp³-hybridized carbons (Fsp3) is 0.533. The van der Waals surface area contributed by atoms with Crippen LogP contribution in [0.1, 0.15) is 28.8 Å². The van der Waals surface area contributed by atoms with E-state index in [1.54, 1.807) is 0 Å². The Morgan fingerprint density at radius 1 is 1.25 bits per heavy atom. The van der Waals surface area contributed by atoms with E-state index in [2.05, 4.69) is 15.2 Å². The van der Waals surface area contributed by atoms with Gasteiger partial charge in [0, 0.05) is 37.8 Å². The van der Waals surface area contributed by atoms with Gasteiger partial charge in [0.2, 0.25) is 0 Å². The molecule has 2 aliphatic heterocycles. The van der Waals surface area contributed by atoms with E-state index >= 15 is 0 Å². The van der Waals surface area contributed by atoms with Gasteiger partial charge in [-0.3, -0.25) is 20.0 Å². The lowest BCUT2D eigenvalue weighted by molar-refractivity contribution is 0.0953. The number of nitrogens with two attached hydrogens (primary N) is 1. The first-order valence-electron chi connectivity index (χ1n) is 7.32. The van der Waals surface area contributed by atoms with Gasteiger partial charge >= 0.3 is 0 Å². The van der Waals surface area contributed by atoms with Crippen LogP contribution in [0.25, 0.3) is 0 Å². The van der Waals surface area contributed by atoms with E-state index in [1.807, 2.05) is 24.3 Å². The number of nitrogen functional groups attached to an aromatic ring is 1. The highest BCUT2D eigenvalue weighted by Crippen LogP contribution is 2.22. The number of hydrogen-bond donors (Lipinski definition) is 2. The van der Waals surface area contributed by atoms with Crippen molar-refractivity contribution in [3.05, 3.63) is 35.4 Å². The Hall–Kier alpha value is -1.43. The molecule has 5 heteroatoms. The number of fused-ring (bicyclic) bond motifs is 1. The number of nitrogens with zero attached hydrogens (tertiary/aromatic N) is 2. The molecule has 2 fully saturated rings. The Balaban J connectivity index is 1.59. The Morgan fingerprint density at radius 2 is 2.05 bits per heavy atom. The summed E-state index contributed by atoms with van der Waals surface area (Å²) in [6.45, 7) is 5.75. The Kier molecular flexibility index (Phi) is 4.00. The molecule has 5 nitrogen and oxygen atoms in total. The van der Waals surface area contributed by atoms with Gasteiger partial charge in [0.15, 0.2) is 0 Å². The van der Waals surface area contributed by atoms with Crippen molar-refractivity contribution in [3.8, 4) is 0 Å². The maximum absolute atomic E-state index is 11.4. The molecule has 1 amide bonds. The monoisotopic (exact) mass is 274 g/mol. The van der Waals surface area contributed by atoms with Crippen LogP contribution < -0.4 is 11.3 Å². The second kappa shape index (κ2) is 5.91. The number of carbonyl (C=O) groups is 1. The second-order valence-corrected chi connectivity index (χ2v) is 5.74. The molecular weight excluding hydrogens is 252 g/mol. The maximum atomic E-state index is 11.4. The summed E-state index contributed by atoms with van der Waals surface area (Å²) in [6, 6.07) is 8.47. The summed E-state index contributed by atoms with van der Waals surface area (Å²) in [5.41, 5.74) is 4.02. The molecule has 108 valence electrons. The van der Waals surface area contributed by atoms with Crippen LogP contribution in [0.4, 0.5) is 0 Å². The third kappa shape index (κ3) is 2.85. The minimum absolute atomic E-state index is 0.240.